The molecule has 3 aromatic carbocycles. The van der Waals surface area contributed by atoms with Gasteiger partial charge in [0.15, 0.2) is 0 Å². The van der Waals surface area contributed by atoms with Gasteiger partial charge in [-0.1, -0.05) is 29.8 Å². The maximum absolute atomic E-state index is 14.3. The van der Waals surface area contributed by atoms with Gasteiger partial charge in [0.25, 0.3) is 5.91 Å². The third-order valence-corrected chi connectivity index (χ3v) is 6.04. The molecule has 1 aliphatic heterocycles. The van der Waals surface area contributed by atoms with Crippen LogP contribution in [0.25, 0.3) is 0 Å². The van der Waals surface area contributed by atoms with Crippen LogP contribution in [0.5, 0.6) is 0 Å². The predicted molar refractivity (Wildman–Crippen MR) is 120 cm³/mol. The highest BCUT2D eigenvalue weighted by Crippen LogP contribution is 2.35. The molecule has 1 heterocycles. The molecular formula is C25H18ClF5N2O2. The summed E-state index contributed by atoms with van der Waals surface area (Å²) >= 11 is 6.28. The Bertz CT molecular complexity index is 1290. The second-order valence-corrected chi connectivity index (χ2v) is 8.45. The van der Waals surface area contributed by atoms with Gasteiger partial charge in [-0.3, -0.25) is 9.59 Å². The molecule has 0 fully saturated rings. The summed E-state index contributed by atoms with van der Waals surface area (Å²) < 4.78 is 66.4. The van der Waals surface area contributed by atoms with Crippen molar-refractivity contribution in [2.75, 3.05) is 11.9 Å². The van der Waals surface area contributed by atoms with Crippen molar-refractivity contribution in [3.63, 3.8) is 0 Å². The first-order valence-electron chi connectivity index (χ1n) is 10.5. The Morgan fingerprint density at radius 3 is 2.40 bits per heavy atom. The quantitative estimate of drug-likeness (QED) is 0.438. The van der Waals surface area contributed by atoms with Gasteiger partial charge in [-0.15, -0.1) is 0 Å². The molecule has 35 heavy (non-hydrogen) atoms. The number of amides is 2. The summed E-state index contributed by atoms with van der Waals surface area (Å²) in [6.45, 7) is 0.516. The summed E-state index contributed by atoms with van der Waals surface area (Å²) in [5.41, 5.74) is 0.171. The van der Waals surface area contributed by atoms with E-state index in [1.165, 1.54) is 30.3 Å². The zero-order valence-corrected chi connectivity index (χ0v) is 18.8. The van der Waals surface area contributed by atoms with Crippen LogP contribution in [-0.4, -0.2) is 23.3 Å². The van der Waals surface area contributed by atoms with Crippen molar-refractivity contribution in [2.24, 2.45) is 0 Å². The van der Waals surface area contributed by atoms with Gasteiger partial charge >= 0.3 is 6.18 Å². The molecular weight excluding hydrogens is 491 g/mol. The van der Waals surface area contributed by atoms with Crippen molar-refractivity contribution in [1.29, 1.82) is 0 Å². The minimum atomic E-state index is -4.88. The Kier molecular flexibility index (Phi) is 6.80. The van der Waals surface area contributed by atoms with Crippen LogP contribution in [0.15, 0.2) is 54.6 Å². The van der Waals surface area contributed by atoms with Crippen LogP contribution in [0.4, 0.5) is 27.6 Å². The normalized spacial score (nSPS) is 13.4. The zero-order chi connectivity index (χ0) is 25.3. The first kappa shape index (κ1) is 24.7. The van der Waals surface area contributed by atoms with E-state index < -0.39 is 41.3 Å². The SMILES string of the molecule is O=C(Cc1cccc(C(F)(F)F)c1F)Nc1c(Cl)ccc2c1CCN(C(=O)c1ccc(F)cc1)C2. The number of benzene rings is 3. The molecule has 3 aromatic rings. The molecule has 0 bridgehead atoms. The third kappa shape index (κ3) is 5.30. The highest BCUT2D eigenvalue weighted by Gasteiger charge is 2.35. The zero-order valence-electron chi connectivity index (χ0n) is 18.1. The third-order valence-electron chi connectivity index (χ3n) is 5.73. The second-order valence-electron chi connectivity index (χ2n) is 8.05. The molecule has 182 valence electrons. The average molecular weight is 509 g/mol. The van der Waals surface area contributed by atoms with E-state index in [2.05, 4.69) is 5.32 Å². The smallest absolute Gasteiger partial charge is 0.334 e. The van der Waals surface area contributed by atoms with E-state index >= 15 is 0 Å². The molecule has 2 amide bonds. The topological polar surface area (TPSA) is 49.4 Å². The number of carbonyl (C=O) groups excluding carboxylic acids is 2. The summed E-state index contributed by atoms with van der Waals surface area (Å²) in [5.74, 6) is -2.96. The molecule has 0 saturated carbocycles. The van der Waals surface area contributed by atoms with Crippen LogP contribution in [0.1, 0.15) is 32.6 Å². The number of rotatable bonds is 4. The molecule has 4 rings (SSSR count). The summed E-state index contributed by atoms with van der Waals surface area (Å²) in [4.78, 5) is 27.0. The van der Waals surface area contributed by atoms with E-state index in [1.54, 1.807) is 11.0 Å². The van der Waals surface area contributed by atoms with Gasteiger partial charge in [-0.05, 0) is 59.5 Å². The molecule has 0 unspecified atom stereocenters. The lowest BCUT2D eigenvalue weighted by Crippen LogP contribution is -2.36. The molecule has 0 spiro atoms. The lowest BCUT2D eigenvalue weighted by Gasteiger charge is -2.30. The fourth-order valence-electron chi connectivity index (χ4n) is 4.00. The van der Waals surface area contributed by atoms with Crippen molar-refractivity contribution in [1.82, 2.24) is 4.90 Å². The fraction of sp³-hybridized carbons (Fsp3) is 0.200. The molecule has 0 saturated heterocycles. The average Bonchev–Trinajstić information content (AvgIpc) is 2.81. The number of alkyl halides is 3. The van der Waals surface area contributed by atoms with Crippen molar-refractivity contribution in [3.05, 3.63) is 99.1 Å². The predicted octanol–water partition coefficient (Wildman–Crippen LogP) is 6.02. The van der Waals surface area contributed by atoms with Crippen molar-refractivity contribution in [3.8, 4) is 0 Å². The lowest BCUT2D eigenvalue weighted by molar-refractivity contribution is -0.140. The highest BCUT2D eigenvalue weighted by molar-refractivity contribution is 6.34. The Hall–Kier alpha value is -3.46. The molecule has 10 heteroatoms. The largest absolute Gasteiger partial charge is 0.419 e. The molecule has 0 atom stereocenters. The van der Waals surface area contributed by atoms with E-state index in [0.717, 1.165) is 17.7 Å². The maximum atomic E-state index is 14.3. The van der Waals surface area contributed by atoms with Crippen LogP contribution < -0.4 is 5.32 Å². The van der Waals surface area contributed by atoms with E-state index in [-0.39, 0.29) is 23.2 Å². The number of hydrogen-bond donors (Lipinski definition) is 1. The Labute approximate surface area is 202 Å². The van der Waals surface area contributed by atoms with E-state index in [1.807, 2.05) is 0 Å². The van der Waals surface area contributed by atoms with Gasteiger partial charge in [-0.25, -0.2) is 8.78 Å². The molecule has 0 aromatic heterocycles. The Balaban J connectivity index is 1.52. The number of nitrogens with one attached hydrogen (secondary N) is 1. The summed E-state index contributed by atoms with van der Waals surface area (Å²) in [7, 11) is 0. The number of nitrogens with zero attached hydrogens (tertiary/aromatic N) is 1. The number of carbonyl (C=O) groups is 2. The van der Waals surface area contributed by atoms with Crippen molar-refractivity contribution < 1.29 is 31.5 Å². The number of halogens is 6. The molecule has 0 radical (unpaired) electrons. The van der Waals surface area contributed by atoms with Gasteiger partial charge in [-0.2, -0.15) is 13.2 Å². The molecule has 0 aliphatic carbocycles. The molecule has 4 nitrogen and oxygen atoms in total. The van der Waals surface area contributed by atoms with Gasteiger partial charge in [0.2, 0.25) is 5.91 Å². The monoisotopic (exact) mass is 508 g/mol. The number of anilines is 1. The summed E-state index contributed by atoms with van der Waals surface area (Å²) in [5, 5.41) is 2.80. The van der Waals surface area contributed by atoms with Gasteiger partial charge in [0, 0.05) is 18.7 Å². The van der Waals surface area contributed by atoms with E-state index in [9.17, 15) is 31.5 Å². The van der Waals surface area contributed by atoms with Crippen LogP contribution >= 0.6 is 11.6 Å². The first-order chi connectivity index (χ1) is 16.5. The van der Waals surface area contributed by atoms with Crippen LogP contribution in [-0.2, 0) is 30.4 Å². The van der Waals surface area contributed by atoms with Gasteiger partial charge in [0.1, 0.15) is 11.6 Å². The Morgan fingerprint density at radius 2 is 1.71 bits per heavy atom. The fourth-order valence-corrected chi connectivity index (χ4v) is 4.23. The minimum Gasteiger partial charge on any atom is -0.334 e. The van der Waals surface area contributed by atoms with Crippen molar-refractivity contribution in [2.45, 2.75) is 25.6 Å². The van der Waals surface area contributed by atoms with E-state index in [4.69, 9.17) is 11.6 Å². The summed E-state index contributed by atoms with van der Waals surface area (Å²) in [6.07, 6.45) is -5.16. The van der Waals surface area contributed by atoms with Gasteiger partial charge in [0.05, 0.1) is 22.7 Å². The highest BCUT2D eigenvalue weighted by atomic mass is 35.5. The van der Waals surface area contributed by atoms with E-state index in [0.29, 0.717) is 30.2 Å². The maximum Gasteiger partial charge on any atom is 0.419 e. The van der Waals surface area contributed by atoms with Crippen LogP contribution in [0.2, 0.25) is 5.02 Å². The van der Waals surface area contributed by atoms with Crippen molar-refractivity contribution >= 4 is 29.1 Å². The molecule has 1 N–H and O–H groups in total. The summed E-state index contributed by atoms with van der Waals surface area (Å²) in [6, 6.07) is 11.2. The number of hydrogen-bond acceptors (Lipinski definition) is 2. The minimum absolute atomic E-state index is 0.208. The Morgan fingerprint density at radius 1 is 1.00 bits per heavy atom. The van der Waals surface area contributed by atoms with Gasteiger partial charge < -0.3 is 10.2 Å². The lowest BCUT2D eigenvalue weighted by atomic mass is 9.96. The van der Waals surface area contributed by atoms with Crippen LogP contribution in [0, 0.1) is 11.6 Å². The standard InChI is InChI=1S/C25H18ClF5N2O2/c26-20-9-6-16-13-33(24(35)14-4-7-17(27)8-5-14)11-10-18(16)23(20)32-21(34)12-15-2-1-3-19(22(15)28)25(29,30)31/h1-9H,10-13H2,(H,32,34). The first-order valence-corrected chi connectivity index (χ1v) is 10.9. The number of fused-ring (bicyclic) bond motifs is 1. The molecule has 1 aliphatic rings. The second kappa shape index (κ2) is 9.65. The van der Waals surface area contributed by atoms with Crippen LogP contribution in [0.3, 0.4) is 0 Å².